The molecule has 0 radical (unpaired) electrons. The van der Waals surface area contributed by atoms with Crippen molar-refractivity contribution in [2.75, 3.05) is 0 Å². The molecule has 4 rings (SSSR count). The van der Waals surface area contributed by atoms with Gasteiger partial charge in [0, 0.05) is 0 Å². The maximum Gasteiger partial charge on any atom is 0.372 e. The molecule has 4 heterocycles. The Bertz CT molecular complexity index is 1010. The van der Waals surface area contributed by atoms with Gasteiger partial charge in [0.25, 0.3) is 0 Å². The first-order valence-electron chi connectivity index (χ1n) is 6.55. The lowest BCUT2D eigenvalue weighted by Crippen LogP contribution is -1.94. The first kappa shape index (κ1) is 13.0. The van der Waals surface area contributed by atoms with Gasteiger partial charge in [0.05, 0.1) is 23.7 Å². The molecule has 112 valence electrons. The fourth-order valence-corrected chi connectivity index (χ4v) is 2.22. The lowest BCUT2D eigenvalue weighted by molar-refractivity contribution is -0.388. The summed E-state index contributed by atoms with van der Waals surface area (Å²) in [6, 6.07) is 6.73. The van der Waals surface area contributed by atoms with Crippen molar-refractivity contribution in [2.24, 2.45) is 0 Å². The van der Waals surface area contributed by atoms with Crippen LogP contribution in [0.5, 0.6) is 0 Å². The van der Waals surface area contributed by atoms with Gasteiger partial charge in [-0.3, -0.25) is 0 Å². The standard InChI is InChI=1S/C13H8N8O2/c22-21(23)13-8(2-1-5-14-13)11-7-20-12(16-11)4-3-9(18-20)10-6-15-19-17-10/h1-7H,(H,15,17,19). The van der Waals surface area contributed by atoms with Crippen molar-refractivity contribution in [3.05, 3.63) is 53.0 Å². The van der Waals surface area contributed by atoms with Crippen LogP contribution in [0, 0.1) is 10.1 Å². The van der Waals surface area contributed by atoms with Crippen LogP contribution >= 0.6 is 0 Å². The monoisotopic (exact) mass is 308 g/mol. The van der Waals surface area contributed by atoms with E-state index in [0.717, 1.165) is 0 Å². The van der Waals surface area contributed by atoms with E-state index in [1.807, 2.05) is 0 Å². The van der Waals surface area contributed by atoms with E-state index in [9.17, 15) is 10.1 Å². The quantitative estimate of drug-likeness (QED) is 0.448. The van der Waals surface area contributed by atoms with Crippen molar-refractivity contribution >= 4 is 11.5 Å². The predicted octanol–water partition coefficient (Wildman–Crippen LogP) is 1.48. The highest BCUT2D eigenvalue weighted by atomic mass is 16.6. The Morgan fingerprint density at radius 2 is 2.09 bits per heavy atom. The van der Waals surface area contributed by atoms with E-state index in [4.69, 9.17) is 0 Å². The van der Waals surface area contributed by atoms with Crippen LogP contribution in [-0.2, 0) is 0 Å². The lowest BCUT2D eigenvalue weighted by atomic mass is 10.2. The van der Waals surface area contributed by atoms with Crippen LogP contribution in [0.4, 0.5) is 5.82 Å². The molecule has 1 N–H and O–H groups in total. The van der Waals surface area contributed by atoms with Crippen molar-refractivity contribution < 1.29 is 4.92 Å². The van der Waals surface area contributed by atoms with E-state index in [2.05, 4.69) is 30.5 Å². The Morgan fingerprint density at radius 1 is 1.17 bits per heavy atom. The highest BCUT2D eigenvalue weighted by Crippen LogP contribution is 2.27. The van der Waals surface area contributed by atoms with Crippen LogP contribution < -0.4 is 0 Å². The first-order valence-corrected chi connectivity index (χ1v) is 6.55. The molecule has 0 spiro atoms. The second-order valence-corrected chi connectivity index (χ2v) is 4.63. The number of nitro groups is 1. The number of pyridine rings is 1. The fraction of sp³-hybridized carbons (Fsp3) is 0. The zero-order valence-electron chi connectivity index (χ0n) is 11.5. The summed E-state index contributed by atoms with van der Waals surface area (Å²) in [5, 5.41) is 25.7. The largest absolute Gasteiger partial charge is 0.372 e. The molecule has 0 aliphatic heterocycles. The van der Waals surface area contributed by atoms with Gasteiger partial charge in [-0.05, 0) is 34.2 Å². The van der Waals surface area contributed by atoms with Gasteiger partial charge in [0.1, 0.15) is 17.6 Å². The first-order chi connectivity index (χ1) is 11.2. The average molecular weight is 308 g/mol. The summed E-state index contributed by atoms with van der Waals surface area (Å²) in [5.74, 6) is -0.243. The molecule has 0 aliphatic rings. The molecular weight excluding hydrogens is 300 g/mol. The van der Waals surface area contributed by atoms with Crippen molar-refractivity contribution in [3.8, 4) is 22.6 Å². The third-order valence-corrected chi connectivity index (χ3v) is 3.23. The van der Waals surface area contributed by atoms with E-state index < -0.39 is 4.92 Å². The molecular formula is C13H8N8O2. The topological polar surface area (TPSA) is 128 Å². The highest BCUT2D eigenvalue weighted by molar-refractivity contribution is 5.70. The number of H-pyrrole nitrogens is 1. The van der Waals surface area contributed by atoms with Gasteiger partial charge in [-0.2, -0.15) is 20.5 Å². The zero-order chi connectivity index (χ0) is 15.8. The molecule has 0 aliphatic carbocycles. The third-order valence-electron chi connectivity index (χ3n) is 3.23. The summed E-state index contributed by atoms with van der Waals surface area (Å²) in [7, 11) is 0. The van der Waals surface area contributed by atoms with Crippen LogP contribution in [0.2, 0.25) is 0 Å². The second kappa shape index (κ2) is 4.94. The van der Waals surface area contributed by atoms with E-state index in [-0.39, 0.29) is 5.82 Å². The fourth-order valence-electron chi connectivity index (χ4n) is 2.22. The molecule has 0 saturated heterocycles. The Hall–Kier alpha value is -3.69. The zero-order valence-corrected chi connectivity index (χ0v) is 11.5. The van der Waals surface area contributed by atoms with Crippen LogP contribution in [0.15, 0.2) is 42.9 Å². The number of nitrogens with one attached hydrogen (secondary N) is 1. The molecule has 0 aromatic carbocycles. The lowest BCUT2D eigenvalue weighted by Gasteiger charge is -1.97. The summed E-state index contributed by atoms with van der Waals surface area (Å²) in [6.45, 7) is 0. The van der Waals surface area contributed by atoms with Crippen molar-refractivity contribution in [1.29, 1.82) is 0 Å². The van der Waals surface area contributed by atoms with E-state index >= 15 is 0 Å². The van der Waals surface area contributed by atoms with Crippen LogP contribution in [0.1, 0.15) is 0 Å². The van der Waals surface area contributed by atoms with Crippen LogP contribution in [0.3, 0.4) is 0 Å². The Morgan fingerprint density at radius 3 is 2.87 bits per heavy atom. The molecule has 0 atom stereocenters. The smallest absolute Gasteiger partial charge is 0.358 e. The van der Waals surface area contributed by atoms with Gasteiger partial charge in [0.15, 0.2) is 5.65 Å². The third kappa shape index (κ3) is 2.18. The van der Waals surface area contributed by atoms with E-state index in [1.165, 1.54) is 10.7 Å². The highest BCUT2D eigenvalue weighted by Gasteiger charge is 2.18. The van der Waals surface area contributed by atoms with Crippen molar-refractivity contribution in [2.45, 2.75) is 0 Å². The maximum atomic E-state index is 11.1. The van der Waals surface area contributed by atoms with Gasteiger partial charge in [-0.25, -0.2) is 9.50 Å². The maximum absolute atomic E-state index is 11.1. The summed E-state index contributed by atoms with van der Waals surface area (Å²) in [6.07, 6.45) is 4.54. The molecule has 0 saturated carbocycles. The minimum Gasteiger partial charge on any atom is -0.358 e. The molecule has 10 heteroatoms. The number of imidazole rings is 1. The summed E-state index contributed by atoms with van der Waals surface area (Å²) in [4.78, 5) is 18.7. The second-order valence-electron chi connectivity index (χ2n) is 4.63. The van der Waals surface area contributed by atoms with Crippen molar-refractivity contribution in [1.82, 2.24) is 35.0 Å². The number of aromatic amines is 1. The van der Waals surface area contributed by atoms with Gasteiger partial charge in [-0.1, -0.05) is 0 Å². The number of fused-ring (bicyclic) bond motifs is 1. The Labute approximate surface area is 128 Å². The summed E-state index contributed by atoms with van der Waals surface area (Å²) < 4.78 is 1.54. The molecule has 0 unspecified atom stereocenters. The predicted molar refractivity (Wildman–Crippen MR) is 78.2 cm³/mol. The molecule has 0 bridgehead atoms. The normalized spacial score (nSPS) is 11.0. The van der Waals surface area contributed by atoms with Gasteiger partial charge in [0.2, 0.25) is 0 Å². The number of hydrogen-bond acceptors (Lipinski definition) is 7. The minimum atomic E-state index is -0.534. The molecule has 4 aromatic rings. The van der Waals surface area contributed by atoms with E-state index in [1.54, 1.807) is 36.7 Å². The number of aromatic nitrogens is 7. The number of nitrogens with zero attached hydrogens (tertiary/aromatic N) is 7. The van der Waals surface area contributed by atoms with Gasteiger partial charge in [-0.15, -0.1) is 0 Å². The average Bonchev–Trinajstić information content (AvgIpc) is 3.23. The molecule has 0 fully saturated rings. The number of hydrogen-bond donors (Lipinski definition) is 1. The number of rotatable bonds is 3. The summed E-state index contributed by atoms with van der Waals surface area (Å²) >= 11 is 0. The van der Waals surface area contributed by atoms with Gasteiger partial charge < -0.3 is 10.1 Å². The van der Waals surface area contributed by atoms with Crippen LogP contribution in [-0.4, -0.2) is 39.9 Å². The SMILES string of the molecule is O=[N+]([O-])c1ncccc1-c1cn2nc(-c3cn[nH]n3)ccc2n1. The Balaban J connectivity index is 1.85. The molecule has 10 nitrogen and oxygen atoms in total. The van der Waals surface area contributed by atoms with Crippen molar-refractivity contribution in [3.63, 3.8) is 0 Å². The Kier molecular flexibility index (Phi) is 2.80. The molecule has 4 aromatic heterocycles. The van der Waals surface area contributed by atoms with Crippen LogP contribution in [0.25, 0.3) is 28.3 Å². The van der Waals surface area contributed by atoms with E-state index in [0.29, 0.717) is 28.3 Å². The molecule has 23 heavy (non-hydrogen) atoms. The molecule has 0 amide bonds. The summed E-state index contributed by atoms with van der Waals surface area (Å²) in [5.41, 5.74) is 2.52. The van der Waals surface area contributed by atoms with Gasteiger partial charge >= 0.3 is 5.82 Å². The minimum absolute atomic E-state index is 0.243.